The smallest absolute Gasteiger partial charge is 0.119 e. The average molecular weight is 407 g/mol. The van der Waals surface area contributed by atoms with Gasteiger partial charge in [-0.25, -0.2) is 0 Å². The van der Waals surface area contributed by atoms with E-state index in [9.17, 15) is 0 Å². The van der Waals surface area contributed by atoms with Crippen LogP contribution in [-0.2, 0) is 0 Å². The molecule has 2 rings (SSSR count). The lowest BCUT2D eigenvalue weighted by atomic mass is 10.1. The topological polar surface area (TPSA) is 21.6 Å². The van der Waals surface area contributed by atoms with Gasteiger partial charge in [-0.05, 0) is 95.4 Å². The van der Waals surface area contributed by atoms with Crippen molar-refractivity contribution in [2.75, 3.05) is 6.61 Å². The molecule has 3 heteroatoms. The summed E-state index contributed by atoms with van der Waals surface area (Å²) in [5.74, 6) is 1.59. The predicted molar refractivity (Wildman–Crippen MR) is 103 cm³/mol. The second-order valence-electron chi connectivity index (χ2n) is 5.79. The van der Waals surface area contributed by atoms with Crippen LogP contribution in [0.1, 0.15) is 31.4 Å². The molecule has 0 amide bonds. The van der Waals surface area contributed by atoms with Crippen LogP contribution in [0.2, 0.25) is 0 Å². The molecule has 0 aromatic heterocycles. The van der Waals surface area contributed by atoms with Crippen LogP contribution < -0.4 is 4.74 Å². The highest BCUT2D eigenvalue weighted by molar-refractivity contribution is 14.1. The molecule has 0 heterocycles. The number of ether oxygens (including phenoxy) is 1. The molecule has 0 aliphatic heterocycles. The molecule has 0 aliphatic rings. The Morgan fingerprint density at radius 2 is 1.86 bits per heavy atom. The molecule has 0 spiro atoms. The Hall–Kier alpha value is -1.36. The highest BCUT2D eigenvalue weighted by Gasteiger charge is 1.98. The molecule has 2 nitrogen and oxygen atoms in total. The second kappa shape index (κ2) is 8.32. The molecule has 22 heavy (non-hydrogen) atoms. The lowest BCUT2D eigenvalue weighted by Crippen LogP contribution is -2.01. The van der Waals surface area contributed by atoms with E-state index in [1.807, 2.05) is 36.5 Å². The molecule has 0 N–H and O–H groups in total. The van der Waals surface area contributed by atoms with Gasteiger partial charge in [0.1, 0.15) is 5.75 Å². The predicted octanol–water partition coefficient (Wildman–Crippen LogP) is 5.78. The molecular weight excluding hydrogens is 385 g/mol. The Bertz CT molecular complexity index is 632. The van der Waals surface area contributed by atoms with E-state index in [1.165, 1.54) is 9.13 Å². The molecule has 0 atom stereocenters. The van der Waals surface area contributed by atoms with E-state index in [1.54, 1.807) is 0 Å². The first-order chi connectivity index (χ1) is 10.5. The maximum absolute atomic E-state index is 5.72. The SMILES string of the molecule is Cc1cc(N=Cc2ccc(OCCC(C)C)cc2)ccc1I. The van der Waals surface area contributed by atoms with Crippen molar-refractivity contribution in [3.8, 4) is 5.75 Å². The first-order valence-corrected chi connectivity index (χ1v) is 8.65. The standard InChI is InChI=1S/C19H22INO/c1-14(2)10-11-22-18-7-4-16(5-8-18)13-21-17-6-9-19(20)15(3)12-17/h4-9,12-14H,10-11H2,1-3H3. The highest BCUT2D eigenvalue weighted by Crippen LogP contribution is 2.19. The first kappa shape index (κ1) is 17.0. The second-order valence-corrected chi connectivity index (χ2v) is 6.95. The van der Waals surface area contributed by atoms with Gasteiger partial charge >= 0.3 is 0 Å². The Kier molecular flexibility index (Phi) is 6.43. The fourth-order valence-corrected chi connectivity index (χ4v) is 2.26. The van der Waals surface area contributed by atoms with E-state index in [4.69, 9.17) is 4.74 Å². The van der Waals surface area contributed by atoms with Gasteiger partial charge in [-0.15, -0.1) is 0 Å². The van der Waals surface area contributed by atoms with Crippen molar-refractivity contribution < 1.29 is 4.74 Å². The molecule has 0 unspecified atom stereocenters. The first-order valence-electron chi connectivity index (χ1n) is 7.57. The van der Waals surface area contributed by atoms with E-state index in [0.717, 1.165) is 30.0 Å². The van der Waals surface area contributed by atoms with Crippen molar-refractivity contribution in [1.82, 2.24) is 0 Å². The zero-order valence-corrected chi connectivity index (χ0v) is 15.5. The summed E-state index contributed by atoms with van der Waals surface area (Å²) in [5, 5.41) is 0. The van der Waals surface area contributed by atoms with Gasteiger partial charge in [0.15, 0.2) is 0 Å². The monoisotopic (exact) mass is 407 g/mol. The molecule has 116 valence electrons. The maximum atomic E-state index is 5.72. The van der Waals surface area contributed by atoms with Crippen molar-refractivity contribution in [3.63, 3.8) is 0 Å². The molecule has 0 saturated heterocycles. The number of aryl methyl sites for hydroxylation is 1. The summed E-state index contributed by atoms with van der Waals surface area (Å²) in [7, 11) is 0. The van der Waals surface area contributed by atoms with Gasteiger partial charge in [0.25, 0.3) is 0 Å². The van der Waals surface area contributed by atoms with Crippen molar-refractivity contribution >= 4 is 34.5 Å². The highest BCUT2D eigenvalue weighted by atomic mass is 127. The van der Waals surface area contributed by atoms with Crippen molar-refractivity contribution in [2.24, 2.45) is 10.9 Å². The third-order valence-electron chi connectivity index (χ3n) is 3.35. The minimum absolute atomic E-state index is 0.670. The maximum Gasteiger partial charge on any atom is 0.119 e. The van der Waals surface area contributed by atoms with Crippen molar-refractivity contribution in [3.05, 3.63) is 57.2 Å². The molecule has 2 aromatic rings. The number of hydrogen-bond donors (Lipinski definition) is 0. The summed E-state index contributed by atoms with van der Waals surface area (Å²) >= 11 is 2.33. The van der Waals surface area contributed by atoms with E-state index < -0.39 is 0 Å². The van der Waals surface area contributed by atoms with E-state index in [2.05, 4.69) is 60.5 Å². The number of hydrogen-bond acceptors (Lipinski definition) is 2. The van der Waals surface area contributed by atoms with Gasteiger partial charge < -0.3 is 4.74 Å². The van der Waals surface area contributed by atoms with E-state index in [0.29, 0.717) is 5.92 Å². The number of rotatable bonds is 6. The minimum Gasteiger partial charge on any atom is -0.494 e. The van der Waals surface area contributed by atoms with E-state index in [-0.39, 0.29) is 0 Å². The van der Waals surface area contributed by atoms with Gasteiger partial charge in [-0.3, -0.25) is 4.99 Å². The van der Waals surface area contributed by atoms with Crippen LogP contribution in [0.5, 0.6) is 5.75 Å². The minimum atomic E-state index is 0.670. The summed E-state index contributed by atoms with van der Waals surface area (Å²) in [6.07, 6.45) is 2.97. The summed E-state index contributed by atoms with van der Waals surface area (Å²) < 4.78 is 6.98. The van der Waals surface area contributed by atoms with Gasteiger partial charge in [-0.2, -0.15) is 0 Å². The Labute approximate surface area is 146 Å². The fraction of sp³-hybridized carbons (Fsp3) is 0.316. The fourth-order valence-electron chi connectivity index (χ4n) is 1.92. The van der Waals surface area contributed by atoms with Crippen LogP contribution in [0.15, 0.2) is 47.5 Å². The van der Waals surface area contributed by atoms with Gasteiger partial charge in [-0.1, -0.05) is 13.8 Å². The summed E-state index contributed by atoms with van der Waals surface area (Å²) in [6, 6.07) is 14.3. The normalized spacial score (nSPS) is 11.3. The lowest BCUT2D eigenvalue weighted by Gasteiger charge is -2.07. The Balaban J connectivity index is 1.95. The molecule has 2 aromatic carbocycles. The van der Waals surface area contributed by atoms with Crippen LogP contribution in [-0.4, -0.2) is 12.8 Å². The van der Waals surface area contributed by atoms with Crippen LogP contribution in [0.25, 0.3) is 0 Å². The third-order valence-corrected chi connectivity index (χ3v) is 4.56. The number of nitrogens with zero attached hydrogens (tertiary/aromatic N) is 1. The summed E-state index contributed by atoms with van der Waals surface area (Å²) in [5.41, 5.74) is 3.31. The largest absolute Gasteiger partial charge is 0.494 e. The molecule has 0 aliphatic carbocycles. The Morgan fingerprint density at radius 1 is 1.14 bits per heavy atom. The quantitative estimate of drug-likeness (QED) is 0.440. The summed E-state index contributed by atoms with van der Waals surface area (Å²) in [6.45, 7) is 7.28. The van der Waals surface area contributed by atoms with Gasteiger partial charge in [0, 0.05) is 9.78 Å². The number of halogens is 1. The van der Waals surface area contributed by atoms with Gasteiger partial charge in [0.2, 0.25) is 0 Å². The molecular formula is C19H22INO. The number of benzene rings is 2. The number of aliphatic imine (C=N–C) groups is 1. The molecule has 0 saturated carbocycles. The van der Waals surface area contributed by atoms with E-state index >= 15 is 0 Å². The molecule has 0 radical (unpaired) electrons. The average Bonchev–Trinajstić information content (AvgIpc) is 2.49. The Morgan fingerprint density at radius 3 is 2.50 bits per heavy atom. The molecule has 0 fully saturated rings. The third kappa shape index (κ3) is 5.44. The van der Waals surface area contributed by atoms with Crippen LogP contribution in [0.4, 0.5) is 5.69 Å². The zero-order chi connectivity index (χ0) is 15.9. The van der Waals surface area contributed by atoms with Crippen LogP contribution in [0.3, 0.4) is 0 Å². The van der Waals surface area contributed by atoms with Crippen LogP contribution >= 0.6 is 22.6 Å². The van der Waals surface area contributed by atoms with Crippen LogP contribution in [0, 0.1) is 16.4 Å². The lowest BCUT2D eigenvalue weighted by molar-refractivity contribution is 0.289. The zero-order valence-electron chi connectivity index (χ0n) is 13.3. The van der Waals surface area contributed by atoms with Gasteiger partial charge in [0.05, 0.1) is 12.3 Å². The van der Waals surface area contributed by atoms with Crippen molar-refractivity contribution in [1.29, 1.82) is 0 Å². The summed E-state index contributed by atoms with van der Waals surface area (Å²) in [4.78, 5) is 4.52. The molecule has 0 bridgehead atoms. The van der Waals surface area contributed by atoms with Crippen molar-refractivity contribution in [2.45, 2.75) is 27.2 Å².